The molecule has 8 aromatic carbocycles. The highest BCUT2D eigenvalue weighted by Crippen LogP contribution is 2.46. The molecule has 0 saturated carbocycles. The Morgan fingerprint density at radius 2 is 0.962 bits per heavy atom. The molecule has 0 N–H and O–H groups in total. The Bertz CT molecular complexity index is 2860. The Morgan fingerprint density at radius 1 is 0.377 bits per heavy atom. The second-order valence-corrected chi connectivity index (χ2v) is 13.2. The molecule has 4 heteroatoms. The largest absolute Gasteiger partial charge is 0.456 e. The first-order chi connectivity index (χ1) is 26.3. The summed E-state index contributed by atoms with van der Waals surface area (Å²) in [5.74, 6) is 0.588. The number of fused-ring (bicyclic) bond motifs is 4. The van der Waals surface area contributed by atoms with Crippen LogP contribution in [-0.4, -0.2) is 4.98 Å². The van der Waals surface area contributed by atoms with E-state index in [0.717, 1.165) is 66.8 Å². The molecule has 10 aromatic rings. The molecule has 0 aliphatic heterocycles. The average molecular weight is 681 g/mol. The summed E-state index contributed by atoms with van der Waals surface area (Å²) in [7, 11) is 0. The molecule has 4 nitrogen and oxygen atoms in total. The molecule has 10 rings (SSSR count). The van der Waals surface area contributed by atoms with Crippen molar-refractivity contribution in [1.82, 2.24) is 4.98 Å². The zero-order valence-corrected chi connectivity index (χ0v) is 28.7. The van der Waals surface area contributed by atoms with Crippen LogP contribution < -0.4 is 4.90 Å². The Kier molecular flexibility index (Phi) is 7.43. The zero-order chi connectivity index (χ0) is 35.1. The van der Waals surface area contributed by atoms with Gasteiger partial charge in [-0.3, -0.25) is 0 Å². The molecule has 0 radical (unpaired) electrons. The molecule has 0 spiro atoms. The predicted molar refractivity (Wildman–Crippen MR) is 218 cm³/mol. The van der Waals surface area contributed by atoms with E-state index in [-0.39, 0.29) is 0 Å². The molecule has 0 unspecified atom stereocenters. The van der Waals surface area contributed by atoms with Crippen molar-refractivity contribution in [3.8, 4) is 44.8 Å². The number of oxazole rings is 1. The molecule has 0 saturated heterocycles. The van der Waals surface area contributed by atoms with E-state index >= 15 is 0 Å². The molecule has 2 heterocycles. The second-order valence-electron chi connectivity index (χ2n) is 13.2. The lowest BCUT2D eigenvalue weighted by Crippen LogP contribution is -2.10. The van der Waals surface area contributed by atoms with E-state index in [4.69, 9.17) is 13.8 Å². The monoisotopic (exact) mass is 680 g/mol. The number of benzene rings is 8. The molecule has 0 aliphatic rings. The summed E-state index contributed by atoms with van der Waals surface area (Å²) in [4.78, 5) is 7.16. The van der Waals surface area contributed by atoms with Crippen molar-refractivity contribution in [2.45, 2.75) is 0 Å². The van der Waals surface area contributed by atoms with Gasteiger partial charge in [-0.25, -0.2) is 4.98 Å². The van der Waals surface area contributed by atoms with Crippen molar-refractivity contribution in [2.75, 3.05) is 4.90 Å². The quantitative estimate of drug-likeness (QED) is 0.168. The van der Waals surface area contributed by atoms with Crippen LogP contribution in [0.4, 0.5) is 17.1 Å². The van der Waals surface area contributed by atoms with Crippen LogP contribution in [0.15, 0.2) is 203 Å². The topological polar surface area (TPSA) is 42.4 Å². The molecule has 0 fully saturated rings. The normalized spacial score (nSPS) is 11.4. The fourth-order valence-electron chi connectivity index (χ4n) is 7.38. The highest BCUT2D eigenvalue weighted by atomic mass is 16.4. The summed E-state index contributed by atoms with van der Waals surface area (Å²) in [6.07, 6.45) is 0. The summed E-state index contributed by atoms with van der Waals surface area (Å²) >= 11 is 0. The van der Waals surface area contributed by atoms with Crippen molar-refractivity contribution in [3.05, 3.63) is 194 Å². The molecule has 0 atom stereocenters. The van der Waals surface area contributed by atoms with Crippen LogP contribution in [-0.2, 0) is 0 Å². The number of furan rings is 1. The molecule has 2 aromatic heterocycles. The van der Waals surface area contributed by atoms with Gasteiger partial charge in [0.15, 0.2) is 5.58 Å². The lowest BCUT2D eigenvalue weighted by atomic mass is 9.93. The van der Waals surface area contributed by atoms with Gasteiger partial charge in [0.2, 0.25) is 5.89 Å². The number of aromatic nitrogens is 1. The van der Waals surface area contributed by atoms with E-state index in [1.807, 2.05) is 48.5 Å². The summed E-state index contributed by atoms with van der Waals surface area (Å²) in [5, 5.41) is 1.97. The average Bonchev–Trinajstić information content (AvgIpc) is 3.82. The summed E-state index contributed by atoms with van der Waals surface area (Å²) in [5.41, 5.74) is 14.0. The van der Waals surface area contributed by atoms with Crippen LogP contribution >= 0.6 is 0 Å². The van der Waals surface area contributed by atoms with Crippen LogP contribution in [0.1, 0.15) is 0 Å². The standard InChI is InChI=1S/C49H32N2O2/c1-5-14-33(15-6-1)34-24-26-38(27-25-34)51(39-28-29-40(35-16-7-2-8-17-35)41(30-39)36-18-9-3-10-19-36)44-22-13-23-45-48(44)42-31-47-43(32-46(42)52-45)50-49(53-47)37-20-11-4-12-21-37/h1-32H. The van der Waals surface area contributed by atoms with Gasteiger partial charge in [-0.2, -0.15) is 0 Å². The third-order valence-corrected chi connectivity index (χ3v) is 9.91. The molecule has 53 heavy (non-hydrogen) atoms. The molecule has 250 valence electrons. The minimum Gasteiger partial charge on any atom is -0.456 e. The molecule has 0 bridgehead atoms. The Labute approximate surface area is 306 Å². The maximum absolute atomic E-state index is 6.58. The maximum Gasteiger partial charge on any atom is 0.227 e. The molecule has 0 aliphatic carbocycles. The smallest absolute Gasteiger partial charge is 0.227 e. The SMILES string of the molecule is c1ccc(-c2ccc(N(c3ccc(-c4ccccc4)c(-c4ccccc4)c3)c3cccc4oc5cc6nc(-c7ccccc7)oc6cc5c34)cc2)cc1. The van der Waals surface area contributed by atoms with Gasteiger partial charge in [0.05, 0.1) is 11.1 Å². The van der Waals surface area contributed by atoms with Gasteiger partial charge in [-0.15, -0.1) is 0 Å². The van der Waals surface area contributed by atoms with Crippen LogP contribution in [0.5, 0.6) is 0 Å². The Hall–Kier alpha value is -7.17. The first-order valence-electron chi connectivity index (χ1n) is 17.8. The van der Waals surface area contributed by atoms with Crippen molar-refractivity contribution in [2.24, 2.45) is 0 Å². The van der Waals surface area contributed by atoms with Crippen LogP contribution in [0, 0.1) is 0 Å². The van der Waals surface area contributed by atoms with E-state index in [1.54, 1.807) is 0 Å². The number of hydrogen-bond acceptors (Lipinski definition) is 4. The molecular weight excluding hydrogens is 649 g/mol. The van der Waals surface area contributed by atoms with E-state index in [1.165, 1.54) is 16.7 Å². The first kappa shape index (κ1) is 30.6. The van der Waals surface area contributed by atoms with Gasteiger partial charge in [-0.1, -0.05) is 133 Å². The van der Waals surface area contributed by atoms with Gasteiger partial charge in [0.25, 0.3) is 0 Å². The van der Waals surface area contributed by atoms with E-state index < -0.39 is 0 Å². The minimum atomic E-state index is 0.588. The van der Waals surface area contributed by atoms with Crippen LogP contribution in [0.25, 0.3) is 77.9 Å². The van der Waals surface area contributed by atoms with Crippen molar-refractivity contribution in [1.29, 1.82) is 0 Å². The Morgan fingerprint density at radius 3 is 1.64 bits per heavy atom. The fraction of sp³-hybridized carbons (Fsp3) is 0. The third kappa shape index (κ3) is 5.54. The Balaban J connectivity index is 1.20. The maximum atomic E-state index is 6.58. The van der Waals surface area contributed by atoms with E-state index in [0.29, 0.717) is 11.5 Å². The van der Waals surface area contributed by atoms with Crippen molar-refractivity contribution >= 4 is 50.1 Å². The van der Waals surface area contributed by atoms with Gasteiger partial charge in [-0.05, 0) is 88.0 Å². The number of anilines is 3. The molecular formula is C49H32N2O2. The van der Waals surface area contributed by atoms with Gasteiger partial charge in [0, 0.05) is 28.4 Å². The minimum absolute atomic E-state index is 0.588. The zero-order valence-electron chi connectivity index (χ0n) is 28.7. The lowest BCUT2D eigenvalue weighted by Gasteiger charge is -2.27. The van der Waals surface area contributed by atoms with Crippen LogP contribution in [0.2, 0.25) is 0 Å². The number of rotatable bonds is 7. The van der Waals surface area contributed by atoms with Crippen molar-refractivity contribution in [3.63, 3.8) is 0 Å². The predicted octanol–water partition coefficient (Wildman–Crippen LogP) is 13.9. The van der Waals surface area contributed by atoms with E-state index in [9.17, 15) is 0 Å². The van der Waals surface area contributed by atoms with Gasteiger partial charge >= 0.3 is 0 Å². The number of hydrogen-bond donors (Lipinski definition) is 0. The first-order valence-corrected chi connectivity index (χ1v) is 17.8. The number of nitrogens with zero attached hydrogens (tertiary/aromatic N) is 2. The third-order valence-electron chi connectivity index (χ3n) is 9.91. The summed E-state index contributed by atoms with van der Waals surface area (Å²) in [6, 6.07) is 67.7. The highest BCUT2D eigenvalue weighted by molar-refractivity contribution is 6.15. The van der Waals surface area contributed by atoms with Crippen molar-refractivity contribution < 1.29 is 8.83 Å². The van der Waals surface area contributed by atoms with Crippen LogP contribution in [0.3, 0.4) is 0 Å². The fourth-order valence-corrected chi connectivity index (χ4v) is 7.38. The lowest BCUT2D eigenvalue weighted by molar-refractivity contribution is 0.620. The van der Waals surface area contributed by atoms with E-state index in [2.05, 4.69) is 150 Å². The van der Waals surface area contributed by atoms with Gasteiger partial charge in [0.1, 0.15) is 16.7 Å². The highest BCUT2D eigenvalue weighted by Gasteiger charge is 2.22. The van der Waals surface area contributed by atoms with Gasteiger partial charge < -0.3 is 13.7 Å². The summed E-state index contributed by atoms with van der Waals surface area (Å²) < 4.78 is 12.9. The molecule has 0 amide bonds. The summed E-state index contributed by atoms with van der Waals surface area (Å²) in [6.45, 7) is 0. The second kappa shape index (κ2) is 12.9.